The predicted octanol–water partition coefficient (Wildman–Crippen LogP) is 6.08. The summed E-state index contributed by atoms with van der Waals surface area (Å²) in [7, 11) is 0. The molecule has 140 valence electrons. The number of amides is 1. The SMILES string of the molecule is O=C(c1cc(Cl)ccc1Cl)N(CC1CCCO1)c1nc2ccc(Cl)cc2s1. The summed E-state index contributed by atoms with van der Waals surface area (Å²) in [4.78, 5) is 19.6. The molecule has 8 heteroatoms. The highest BCUT2D eigenvalue weighted by Gasteiger charge is 2.28. The highest BCUT2D eigenvalue weighted by molar-refractivity contribution is 7.22. The smallest absolute Gasteiger partial charge is 0.261 e. The Balaban J connectivity index is 1.75. The highest BCUT2D eigenvalue weighted by Crippen LogP contribution is 2.33. The van der Waals surface area contributed by atoms with Crippen LogP contribution >= 0.6 is 46.1 Å². The van der Waals surface area contributed by atoms with Crippen LogP contribution in [-0.2, 0) is 4.74 Å². The molecule has 4 rings (SSSR count). The van der Waals surface area contributed by atoms with Crippen molar-refractivity contribution in [1.29, 1.82) is 0 Å². The average Bonchev–Trinajstić information content (AvgIpc) is 3.30. The molecule has 0 saturated carbocycles. The summed E-state index contributed by atoms with van der Waals surface area (Å²) < 4.78 is 6.66. The number of hydrogen-bond acceptors (Lipinski definition) is 4. The molecule has 1 amide bonds. The molecule has 1 atom stereocenters. The van der Waals surface area contributed by atoms with Gasteiger partial charge in [0.25, 0.3) is 5.91 Å². The minimum Gasteiger partial charge on any atom is -0.376 e. The van der Waals surface area contributed by atoms with Gasteiger partial charge in [0, 0.05) is 16.7 Å². The summed E-state index contributed by atoms with van der Waals surface area (Å²) in [5, 5.41) is 2.03. The van der Waals surface area contributed by atoms with E-state index in [1.54, 1.807) is 29.2 Å². The number of fused-ring (bicyclic) bond motifs is 1. The summed E-state index contributed by atoms with van der Waals surface area (Å²) in [6, 6.07) is 10.3. The molecule has 0 spiro atoms. The van der Waals surface area contributed by atoms with Gasteiger partial charge in [0.1, 0.15) is 0 Å². The molecule has 1 saturated heterocycles. The van der Waals surface area contributed by atoms with E-state index < -0.39 is 0 Å². The zero-order valence-corrected chi connectivity index (χ0v) is 17.2. The van der Waals surface area contributed by atoms with Crippen molar-refractivity contribution < 1.29 is 9.53 Å². The lowest BCUT2D eigenvalue weighted by Crippen LogP contribution is -2.37. The van der Waals surface area contributed by atoms with Gasteiger partial charge in [0.05, 0.1) is 33.5 Å². The van der Waals surface area contributed by atoms with Crippen molar-refractivity contribution in [2.75, 3.05) is 18.1 Å². The van der Waals surface area contributed by atoms with Gasteiger partial charge in [0.2, 0.25) is 0 Å². The Kier molecular flexibility index (Phi) is 5.58. The van der Waals surface area contributed by atoms with Gasteiger partial charge in [0.15, 0.2) is 5.13 Å². The molecular formula is C19H15Cl3N2O2S. The minimum atomic E-state index is -0.247. The van der Waals surface area contributed by atoms with Crippen molar-refractivity contribution in [2.24, 2.45) is 0 Å². The number of benzene rings is 2. The summed E-state index contributed by atoms with van der Waals surface area (Å²) in [6.45, 7) is 1.12. The molecule has 3 aromatic rings. The van der Waals surface area contributed by atoms with Crippen LogP contribution in [0.5, 0.6) is 0 Å². The second kappa shape index (κ2) is 7.94. The van der Waals surface area contributed by atoms with Crippen LogP contribution in [0.1, 0.15) is 23.2 Å². The lowest BCUT2D eigenvalue weighted by atomic mass is 10.1. The number of hydrogen-bond donors (Lipinski definition) is 0. The van der Waals surface area contributed by atoms with Crippen LogP contribution in [0.4, 0.5) is 5.13 Å². The second-order valence-electron chi connectivity index (χ2n) is 6.28. The number of anilines is 1. The summed E-state index contributed by atoms with van der Waals surface area (Å²) in [6.07, 6.45) is 1.87. The normalized spacial score (nSPS) is 16.8. The van der Waals surface area contributed by atoms with E-state index in [2.05, 4.69) is 4.98 Å². The van der Waals surface area contributed by atoms with Crippen molar-refractivity contribution in [3.8, 4) is 0 Å². The number of thiazole rings is 1. The van der Waals surface area contributed by atoms with Gasteiger partial charge < -0.3 is 4.74 Å². The maximum atomic E-state index is 13.3. The molecule has 27 heavy (non-hydrogen) atoms. The number of rotatable bonds is 4. The Bertz CT molecular complexity index is 1000. The molecule has 1 aliphatic heterocycles. The maximum absolute atomic E-state index is 13.3. The Morgan fingerprint density at radius 1 is 1.19 bits per heavy atom. The first-order chi connectivity index (χ1) is 13.0. The number of carbonyl (C=O) groups excluding carboxylic acids is 1. The summed E-state index contributed by atoms with van der Waals surface area (Å²) in [5.41, 5.74) is 1.14. The predicted molar refractivity (Wildman–Crippen MR) is 112 cm³/mol. The first-order valence-corrected chi connectivity index (χ1v) is 10.4. The van der Waals surface area contributed by atoms with Gasteiger partial charge in [-0.25, -0.2) is 4.98 Å². The Morgan fingerprint density at radius 3 is 2.74 bits per heavy atom. The Labute approximate surface area is 175 Å². The van der Waals surface area contributed by atoms with Gasteiger partial charge in [-0.2, -0.15) is 0 Å². The topological polar surface area (TPSA) is 42.4 Å². The first-order valence-electron chi connectivity index (χ1n) is 8.46. The van der Waals surface area contributed by atoms with Crippen molar-refractivity contribution >= 4 is 67.4 Å². The van der Waals surface area contributed by atoms with Crippen molar-refractivity contribution in [3.63, 3.8) is 0 Å². The highest BCUT2D eigenvalue weighted by atomic mass is 35.5. The Morgan fingerprint density at radius 2 is 1.96 bits per heavy atom. The summed E-state index contributed by atoms with van der Waals surface area (Å²) in [5.74, 6) is -0.247. The van der Waals surface area contributed by atoms with E-state index in [-0.39, 0.29) is 12.0 Å². The molecule has 0 radical (unpaired) electrons. The number of halogens is 3. The molecule has 0 N–H and O–H groups in total. The van der Waals surface area contributed by atoms with E-state index in [0.717, 1.165) is 23.1 Å². The fourth-order valence-corrected chi connectivity index (χ4v) is 4.67. The number of ether oxygens (including phenoxy) is 1. The zero-order valence-electron chi connectivity index (χ0n) is 14.1. The fraction of sp³-hybridized carbons (Fsp3) is 0.263. The van der Waals surface area contributed by atoms with Crippen LogP contribution in [0.2, 0.25) is 15.1 Å². The van der Waals surface area contributed by atoms with E-state index in [4.69, 9.17) is 39.5 Å². The molecule has 0 aliphatic carbocycles. The molecule has 4 nitrogen and oxygen atoms in total. The van der Waals surface area contributed by atoms with E-state index in [0.29, 0.717) is 38.9 Å². The first kappa shape index (κ1) is 19.0. The van der Waals surface area contributed by atoms with Crippen LogP contribution in [0.25, 0.3) is 10.2 Å². The summed E-state index contributed by atoms with van der Waals surface area (Å²) >= 11 is 19.9. The lowest BCUT2D eigenvalue weighted by Gasteiger charge is -2.23. The third-order valence-electron chi connectivity index (χ3n) is 4.38. The van der Waals surface area contributed by atoms with Crippen molar-refractivity contribution in [2.45, 2.75) is 18.9 Å². The molecule has 0 bridgehead atoms. The molecular weight excluding hydrogens is 427 g/mol. The Hall–Kier alpha value is -1.37. The molecule has 1 aromatic heterocycles. The molecule has 1 aliphatic rings. The van der Waals surface area contributed by atoms with Gasteiger partial charge in [-0.1, -0.05) is 46.1 Å². The van der Waals surface area contributed by atoms with Crippen LogP contribution in [0.3, 0.4) is 0 Å². The van der Waals surface area contributed by atoms with Gasteiger partial charge in [-0.15, -0.1) is 0 Å². The van der Waals surface area contributed by atoms with E-state index in [1.165, 1.54) is 11.3 Å². The van der Waals surface area contributed by atoms with Gasteiger partial charge in [-0.3, -0.25) is 9.69 Å². The molecule has 1 unspecified atom stereocenters. The van der Waals surface area contributed by atoms with E-state index in [9.17, 15) is 4.79 Å². The molecule has 1 fully saturated rings. The van der Waals surface area contributed by atoms with Crippen LogP contribution < -0.4 is 4.90 Å². The van der Waals surface area contributed by atoms with Gasteiger partial charge in [-0.05, 0) is 49.2 Å². The number of nitrogens with zero attached hydrogens (tertiary/aromatic N) is 2. The van der Waals surface area contributed by atoms with Crippen LogP contribution in [-0.4, -0.2) is 30.1 Å². The van der Waals surface area contributed by atoms with Crippen LogP contribution in [0, 0.1) is 0 Å². The minimum absolute atomic E-state index is 0.0255. The third kappa shape index (κ3) is 4.08. The van der Waals surface area contributed by atoms with Crippen LogP contribution in [0.15, 0.2) is 36.4 Å². The molecule has 2 heterocycles. The fourth-order valence-electron chi connectivity index (χ4n) is 3.05. The number of aromatic nitrogens is 1. The standard InChI is InChI=1S/C19H15Cl3N2O2S/c20-11-3-5-15(22)14(8-11)18(25)24(10-13-2-1-7-26-13)19-23-16-6-4-12(21)9-17(16)27-19/h3-6,8-9,13H,1-2,7,10H2. The zero-order chi connectivity index (χ0) is 19.0. The molecule has 2 aromatic carbocycles. The largest absolute Gasteiger partial charge is 0.376 e. The van der Waals surface area contributed by atoms with E-state index in [1.807, 2.05) is 12.1 Å². The third-order valence-corrected chi connectivity index (χ3v) is 6.23. The maximum Gasteiger partial charge on any atom is 0.261 e. The van der Waals surface area contributed by atoms with E-state index >= 15 is 0 Å². The number of carbonyl (C=O) groups is 1. The lowest BCUT2D eigenvalue weighted by molar-refractivity contribution is 0.0917. The average molecular weight is 442 g/mol. The van der Waals surface area contributed by atoms with Crippen molar-refractivity contribution in [3.05, 3.63) is 57.0 Å². The van der Waals surface area contributed by atoms with Gasteiger partial charge >= 0.3 is 0 Å². The quantitative estimate of drug-likeness (QED) is 0.492. The van der Waals surface area contributed by atoms with Crippen molar-refractivity contribution in [1.82, 2.24) is 4.98 Å². The second-order valence-corrected chi connectivity index (χ2v) is 8.57. The monoisotopic (exact) mass is 440 g/mol.